The summed E-state index contributed by atoms with van der Waals surface area (Å²) in [6.45, 7) is 3.12. The lowest BCUT2D eigenvalue weighted by Crippen LogP contribution is -2.45. The first-order chi connectivity index (χ1) is 11.6. The van der Waals surface area contributed by atoms with Crippen LogP contribution in [0.3, 0.4) is 0 Å². The number of ether oxygens (including phenoxy) is 1. The van der Waals surface area contributed by atoms with E-state index in [0.717, 1.165) is 11.1 Å². The fraction of sp³-hybridized carbons (Fsp3) is 0.294. The summed E-state index contributed by atoms with van der Waals surface area (Å²) >= 11 is 6.63. The number of benzene rings is 1. The number of aromatic nitrogens is 1. The summed E-state index contributed by atoms with van der Waals surface area (Å²) in [7, 11) is 0. The maximum Gasteiger partial charge on any atom is 0.266 e. The molecule has 1 fully saturated rings. The Bertz CT molecular complexity index is 929. The van der Waals surface area contributed by atoms with E-state index >= 15 is 0 Å². The number of nitrogens with zero attached hydrogens (tertiary/aromatic N) is 1. The zero-order chi connectivity index (χ0) is 16.7. The predicted molar refractivity (Wildman–Crippen MR) is 94.9 cm³/mol. The van der Waals surface area contributed by atoms with Crippen LogP contribution in [0.2, 0.25) is 0 Å². The fourth-order valence-electron chi connectivity index (χ4n) is 3.02. The van der Waals surface area contributed by atoms with E-state index in [2.05, 4.69) is 10.4 Å². The number of thiophene rings is 1. The first kappa shape index (κ1) is 15.6. The van der Waals surface area contributed by atoms with E-state index in [4.69, 9.17) is 21.4 Å². The Labute approximate surface area is 147 Å². The monoisotopic (exact) mass is 360 g/mol. The fourth-order valence-corrected chi connectivity index (χ4v) is 3.92. The molecule has 2 aromatic heterocycles. The van der Waals surface area contributed by atoms with E-state index < -0.39 is 0 Å². The second-order valence-electron chi connectivity index (χ2n) is 5.93. The molecule has 0 bridgehead atoms. The molecule has 1 amide bonds. The van der Waals surface area contributed by atoms with Gasteiger partial charge in [-0.15, -0.1) is 0 Å². The molecule has 0 aliphatic carbocycles. The molecule has 124 valence electrons. The van der Waals surface area contributed by atoms with Gasteiger partial charge in [0, 0.05) is 12.1 Å². The van der Waals surface area contributed by atoms with Crippen molar-refractivity contribution in [3.8, 4) is 0 Å². The van der Waals surface area contributed by atoms with Crippen LogP contribution in [0.4, 0.5) is 0 Å². The van der Waals surface area contributed by atoms with Crippen LogP contribution in [-0.2, 0) is 4.74 Å². The van der Waals surface area contributed by atoms with Crippen LogP contribution in [0, 0.1) is 4.84 Å². The molecule has 7 heteroatoms. The van der Waals surface area contributed by atoms with Crippen LogP contribution in [0.1, 0.15) is 28.9 Å². The van der Waals surface area contributed by atoms with Gasteiger partial charge in [-0.3, -0.25) is 4.79 Å². The van der Waals surface area contributed by atoms with Gasteiger partial charge in [0.25, 0.3) is 10.7 Å². The Morgan fingerprint density at radius 2 is 2.25 bits per heavy atom. The van der Waals surface area contributed by atoms with Crippen LogP contribution < -0.4 is 0 Å². The van der Waals surface area contributed by atoms with Crippen molar-refractivity contribution >= 4 is 40.6 Å². The van der Waals surface area contributed by atoms with Gasteiger partial charge >= 0.3 is 0 Å². The standard InChI is InChI=1S/C17H16N2O3S2/c1-10-7-19(8-15(21-10)12-4-5-24-9-12)16(20)11-2-3-13-14(6-11)22-17(23)18-13/h2-6,9-10,15H,7-8H2,1H3,(H,18,23)/t10-,15-/m0/s1. The van der Waals surface area contributed by atoms with E-state index in [1.54, 1.807) is 23.5 Å². The van der Waals surface area contributed by atoms with Gasteiger partial charge in [0.05, 0.1) is 18.2 Å². The van der Waals surface area contributed by atoms with Crippen LogP contribution in [-0.4, -0.2) is 35.0 Å². The van der Waals surface area contributed by atoms with Crippen molar-refractivity contribution in [2.24, 2.45) is 0 Å². The molecule has 0 saturated carbocycles. The van der Waals surface area contributed by atoms with Crippen LogP contribution in [0.5, 0.6) is 0 Å². The normalized spacial score (nSPS) is 21.3. The molecule has 1 saturated heterocycles. The Morgan fingerprint density at radius 1 is 1.38 bits per heavy atom. The highest BCUT2D eigenvalue weighted by Gasteiger charge is 2.30. The molecule has 1 N–H and O–H groups in total. The van der Waals surface area contributed by atoms with Gasteiger partial charge in [0.15, 0.2) is 5.58 Å². The summed E-state index contributed by atoms with van der Waals surface area (Å²) in [5.74, 6) is -0.0189. The molecular formula is C17H16N2O3S2. The molecule has 2 atom stereocenters. The number of hydrogen-bond acceptors (Lipinski definition) is 5. The zero-order valence-electron chi connectivity index (χ0n) is 13.0. The Morgan fingerprint density at radius 3 is 3.04 bits per heavy atom. The van der Waals surface area contributed by atoms with Crippen LogP contribution in [0.15, 0.2) is 39.4 Å². The average molecular weight is 360 g/mol. The zero-order valence-corrected chi connectivity index (χ0v) is 14.7. The van der Waals surface area contributed by atoms with E-state index in [0.29, 0.717) is 29.1 Å². The number of hydrogen-bond donors (Lipinski definition) is 1. The van der Waals surface area contributed by atoms with Gasteiger partial charge in [0.1, 0.15) is 6.10 Å². The van der Waals surface area contributed by atoms with Crippen molar-refractivity contribution in [1.82, 2.24) is 9.88 Å². The molecule has 0 radical (unpaired) electrons. The molecule has 1 aromatic carbocycles. The number of morpholine rings is 1. The van der Waals surface area contributed by atoms with Gasteiger partial charge in [-0.1, -0.05) is 0 Å². The van der Waals surface area contributed by atoms with Gasteiger partial charge in [-0.25, -0.2) is 0 Å². The minimum Gasteiger partial charge on any atom is -0.429 e. The third-order valence-electron chi connectivity index (χ3n) is 4.13. The number of rotatable bonds is 2. The molecule has 0 unspecified atom stereocenters. The van der Waals surface area contributed by atoms with Gasteiger partial charge in [-0.05, 0) is 59.7 Å². The highest BCUT2D eigenvalue weighted by molar-refractivity contribution is 7.71. The molecular weight excluding hydrogens is 344 g/mol. The number of aromatic amines is 1. The highest BCUT2D eigenvalue weighted by atomic mass is 32.1. The smallest absolute Gasteiger partial charge is 0.266 e. The predicted octanol–water partition coefficient (Wildman–Crippen LogP) is 4.15. The second kappa shape index (κ2) is 6.16. The minimum atomic E-state index is -0.0797. The summed E-state index contributed by atoms with van der Waals surface area (Å²) in [4.78, 5) is 18.0. The highest BCUT2D eigenvalue weighted by Crippen LogP contribution is 2.28. The van der Waals surface area contributed by atoms with Crippen molar-refractivity contribution in [2.75, 3.05) is 13.1 Å². The molecule has 1 aliphatic rings. The molecule has 0 spiro atoms. The Kier molecular flexibility index (Phi) is 3.99. The second-order valence-corrected chi connectivity index (χ2v) is 7.08. The molecule has 1 aliphatic heterocycles. The summed E-state index contributed by atoms with van der Waals surface area (Å²) in [6, 6.07) is 7.41. The molecule has 24 heavy (non-hydrogen) atoms. The quantitative estimate of drug-likeness (QED) is 0.698. The number of nitrogens with one attached hydrogen (secondary N) is 1. The maximum absolute atomic E-state index is 12.9. The largest absolute Gasteiger partial charge is 0.429 e. The number of H-pyrrole nitrogens is 1. The average Bonchev–Trinajstić information content (AvgIpc) is 3.21. The molecule has 3 aromatic rings. The lowest BCUT2D eigenvalue weighted by atomic mass is 10.1. The number of carbonyl (C=O) groups is 1. The number of fused-ring (bicyclic) bond motifs is 1. The Balaban J connectivity index is 1.60. The number of carbonyl (C=O) groups excluding carboxylic acids is 1. The lowest BCUT2D eigenvalue weighted by molar-refractivity contribution is -0.0690. The number of amides is 1. The third kappa shape index (κ3) is 2.90. The minimum absolute atomic E-state index is 0.00692. The topological polar surface area (TPSA) is 58.5 Å². The molecule has 4 rings (SSSR count). The first-order valence-corrected chi connectivity index (χ1v) is 9.05. The van der Waals surface area contributed by atoms with Gasteiger partial charge in [0.2, 0.25) is 0 Å². The van der Waals surface area contributed by atoms with E-state index in [-0.39, 0.29) is 18.1 Å². The lowest BCUT2D eigenvalue weighted by Gasteiger charge is -2.36. The van der Waals surface area contributed by atoms with Gasteiger partial charge in [-0.2, -0.15) is 11.3 Å². The first-order valence-electron chi connectivity index (χ1n) is 7.70. The van der Waals surface area contributed by atoms with Gasteiger partial charge < -0.3 is 19.0 Å². The SMILES string of the molecule is C[C@H]1CN(C(=O)c2ccc3[nH]c(=S)oc3c2)C[C@@H](c2ccsc2)O1. The Hall–Kier alpha value is -1.96. The third-order valence-corrected chi connectivity index (χ3v) is 5.02. The summed E-state index contributed by atoms with van der Waals surface area (Å²) in [6.07, 6.45) is -0.0867. The summed E-state index contributed by atoms with van der Waals surface area (Å²) < 4.78 is 11.4. The van der Waals surface area contributed by atoms with Crippen molar-refractivity contribution in [3.05, 3.63) is 51.0 Å². The van der Waals surface area contributed by atoms with E-state index in [1.165, 1.54) is 0 Å². The summed E-state index contributed by atoms with van der Waals surface area (Å²) in [5.41, 5.74) is 3.11. The molecule has 5 nitrogen and oxygen atoms in total. The van der Waals surface area contributed by atoms with Crippen LogP contribution in [0.25, 0.3) is 11.1 Å². The van der Waals surface area contributed by atoms with Crippen molar-refractivity contribution < 1.29 is 13.9 Å². The van der Waals surface area contributed by atoms with Crippen LogP contribution >= 0.6 is 23.6 Å². The van der Waals surface area contributed by atoms with E-state index in [9.17, 15) is 4.79 Å². The van der Waals surface area contributed by atoms with Crippen molar-refractivity contribution in [3.63, 3.8) is 0 Å². The molecule has 3 heterocycles. The maximum atomic E-state index is 12.9. The van der Waals surface area contributed by atoms with Crippen molar-refractivity contribution in [2.45, 2.75) is 19.1 Å². The van der Waals surface area contributed by atoms with Crippen molar-refractivity contribution in [1.29, 1.82) is 0 Å². The number of oxazole rings is 1. The van der Waals surface area contributed by atoms with E-state index in [1.807, 2.05) is 29.3 Å². The summed E-state index contributed by atoms with van der Waals surface area (Å²) in [5, 5.41) is 4.10.